The zero-order valence-electron chi connectivity index (χ0n) is 12.4. The fourth-order valence-electron chi connectivity index (χ4n) is 3.07. The van der Waals surface area contributed by atoms with Crippen LogP contribution < -0.4 is 11.3 Å². The minimum Gasteiger partial charge on any atom is -0.271 e. The minimum atomic E-state index is -3.07. The number of aryl methyl sites for hydroxylation is 3. The van der Waals surface area contributed by atoms with E-state index in [1.54, 1.807) is 0 Å². The topological polar surface area (TPSA) is 72.2 Å². The third-order valence-electron chi connectivity index (χ3n) is 4.40. The first-order chi connectivity index (χ1) is 9.36. The van der Waals surface area contributed by atoms with Gasteiger partial charge in [-0.05, 0) is 55.9 Å². The zero-order valence-corrected chi connectivity index (χ0v) is 13.3. The van der Waals surface area contributed by atoms with Crippen LogP contribution in [0.3, 0.4) is 0 Å². The van der Waals surface area contributed by atoms with E-state index in [1.807, 2.05) is 13.8 Å². The van der Waals surface area contributed by atoms with Crippen LogP contribution in [0.1, 0.15) is 47.6 Å². The van der Waals surface area contributed by atoms with Gasteiger partial charge in [-0.15, -0.1) is 0 Å². The van der Waals surface area contributed by atoms with Gasteiger partial charge in [-0.25, -0.2) is 8.42 Å². The van der Waals surface area contributed by atoms with E-state index in [-0.39, 0.29) is 11.8 Å². The highest BCUT2D eigenvalue weighted by Crippen LogP contribution is 2.32. The predicted molar refractivity (Wildman–Crippen MR) is 82.1 cm³/mol. The molecule has 4 nitrogen and oxygen atoms in total. The summed E-state index contributed by atoms with van der Waals surface area (Å²) in [6.07, 6.45) is 2.40. The summed E-state index contributed by atoms with van der Waals surface area (Å²) >= 11 is 0. The highest BCUT2D eigenvalue weighted by atomic mass is 32.2. The molecule has 0 aromatic heterocycles. The number of nitrogens with two attached hydrogens (primary N) is 1. The van der Waals surface area contributed by atoms with E-state index < -0.39 is 15.1 Å². The molecule has 0 saturated carbocycles. The summed E-state index contributed by atoms with van der Waals surface area (Å²) in [6.45, 7) is 6.12. The van der Waals surface area contributed by atoms with Crippen LogP contribution in [0.2, 0.25) is 0 Å². The van der Waals surface area contributed by atoms with Gasteiger partial charge in [0.05, 0.1) is 17.0 Å². The van der Waals surface area contributed by atoms with Gasteiger partial charge in [-0.1, -0.05) is 18.6 Å². The van der Waals surface area contributed by atoms with Crippen LogP contribution in [-0.4, -0.2) is 19.4 Å². The molecule has 1 fully saturated rings. The van der Waals surface area contributed by atoms with E-state index in [9.17, 15) is 8.42 Å². The standard InChI is InChI=1S/C15H24N2O2S/c1-10-8-12(3)13(9-11(10)2)15(17-16)14-6-4-5-7-20(14,18)19/h8-9,14-15,17H,4-7,16H2,1-3H3. The van der Waals surface area contributed by atoms with Crippen molar-refractivity contribution in [3.63, 3.8) is 0 Å². The summed E-state index contributed by atoms with van der Waals surface area (Å²) < 4.78 is 24.6. The number of hydrogen-bond donors (Lipinski definition) is 2. The summed E-state index contributed by atoms with van der Waals surface area (Å²) in [5.41, 5.74) is 7.23. The fraction of sp³-hybridized carbons (Fsp3) is 0.600. The molecule has 2 atom stereocenters. The third-order valence-corrected chi connectivity index (χ3v) is 6.69. The molecule has 0 amide bonds. The fourth-order valence-corrected chi connectivity index (χ4v) is 5.14. The number of benzene rings is 1. The van der Waals surface area contributed by atoms with Crippen LogP contribution in [0.5, 0.6) is 0 Å². The van der Waals surface area contributed by atoms with Crippen molar-refractivity contribution in [2.75, 3.05) is 5.75 Å². The molecule has 5 heteroatoms. The average molecular weight is 296 g/mol. The Hall–Kier alpha value is -0.910. The molecule has 1 aromatic rings. The maximum absolute atomic E-state index is 12.3. The van der Waals surface area contributed by atoms with E-state index in [0.717, 1.165) is 24.0 Å². The minimum absolute atomic E-state index is 0.278. The first-order valence-electron chi connectivity index (χ1n) is 7.12. The lowest BCUT2D eigenvalue weighted by atomic mass is 9.92. The molecule has 1 heterocycles. The summed E-state index contributed by atoms with van der Waals surface area (Å²) in [7, 11) is -3.07. The number of hydrogen-bond acceptors (Lipinski definition) is 4. The van der Waals surface area contributed by atoms with Crippen LogP contribution in [0.15, 0.2) is 12.1 Å². The highest BCUT2D eigenvalue weighted by Gasteiger charge is 2.36. The predicted octanol–water partition coefficient (Wildman–Crippen LogP) is 2.08. The zero-order chi connectivity index (χ0) is 14.9. The molecule has 0 spiro atoms. The number of sulfone groups is 1. The molecular weight excluding hydrogens is 272 g/mol. The SMILES string of the molecule is Cc1cc(C)c(C(NN)C2CCCCS2(=O)=O)cc1C. The molecule has 2 unspecified atom stereocenters. The monoisotopic (exact) mass is 296 g/mol. The van der Waals surface area contributed by atoms with Gasteiger partial charge in [0.25, 0.3) is 0 Å². The third kappa shape index (κ3) is 2.90. The van der Waals surface area contributed by atoms with Crippen LogP contribution in [0, 0.1) is 20.8 Å². The quantitative estimate of drug-likeness (QED) is 0.662. The van der Waals surface area contributed by atoms with Crippen molar-refractivity contribution in [2.45, 2.75) is 51.3 Å². The summed E-state index contributed by atoms with van der Waals surface area (Å²) in [5, 5.41) is -0.415. The van der Waals surface area contributed by atoms with Crippen molar-refractivity contribution >= 4 is 9.84 Å². The van der Waals surface area contributed by atoms with Crippen LogP contribution in [0.4, 0.5) is 0 Å². The van der Waals surface area contributed by atoms with Crippen molar-refractivity contribution in [3.8, 4) is 0 Å². The van der Waals surface area contributed by atoms with Crippen molar-refractivity contribution < 1.29 is 8.42 Å². The Morgan fingerprint density at radius 2 is 1.80 bits per heavy atom. The lowest BCUT2D eigenvalue weighted by Crippen LogP contribution is -2.43. The van der Waals surface area contributed by atoms with Crippen LogP contribution >= 0.6 is 0 Å². The molecular formula is C15H24N2O2S. The number of rotatable bonds is 3. The van der Waals surface area contributed by atoms with Gasteiger partial charge >= 0.3 is 0 Å². The Kier molecular flexibility index (Phi) is 4.52. The Bertz CT molecular complexity index is 596. The Labute approximate surface area is 121 Å². The van der Waals surface area contributed by atoms with Crippen LogP contribution in [0.25, 0.3) is 0 Å². The summed E-state index contributed by atoms with van der Waals surface area (Å²) in [6, 6.07) is 3.85. The van der Waals surface area contributed by atoms with Gasteiger partial charge in [-0.2, -0.15) is 0 Å². The highest BCUT2D eigenvalue weighted by molar-refractivity contribution is 7.92. The van der Waals surface area contributed by atoms with E-state index in [0.29, 0.717) is 6.42 Å². The Morgan fingerprint density at radius 3 is 2.40 bits per heavy atom. The molecule has 0 bridgehead atoms. The Balaban J connectivity index is 2.45. The molecule has 1 aliphatic heterocycles. The lowest BCUT2D eigenvalue weighted by Gasteiger charge is -2.31. The van der Waals surface area contributed by atoms with Gasteiger partial charge < -0.3 is 0 Å². The largest absolute Gasteiger partial charge is 0.271 e. The molecule has 1 aromatic carbocycles. The van der Waals surface area contributed by atoms with Gasteiger partial charge in [-0.3, -0.25) is 11.3 Å². The normalized spacial score (nSPS) is 23.5. The smallest absolute Gasteiger partial charge is 0.155 e. The first-order valence-corrected chi connectivity index (χ1v) is 8.84. The van der Waals surface area contributed by atoms with E-state index >= 15 is 0 Å². The average Bonchev–Trinajstić information content (AvgIpc) is 2.37. The molecule has 0 radical (unpaired) electrons. The van der Waals surface area contributed by atoms with Crippen molar-refractivity contribution in [2.24, 2.45) is 5.84 Å². The van der Waals surface area contributed by atoms with Crippen molar-refractivity contribution in [1.82, 2.24) is 5.43 Å². The van der Waals surface area contributed by atoms with Gasteiger partial charge in [0, 0.05) is 0 Å². The molecule has 20 heavy (non-hydrogen) atoms. The van der Waals surface area contributed by atoms with Gasteiger partial charge in [0.15, 0.2) is 9.84 Å². The lowest BCUT2D eigenvalue weighted by molar-refractivity contribution is 0.452. The molecule has 1 saturated heterocycles. The second-order valence-electron chi connectivity index (χ2n) is 5.84. The van der Waals surface area contributed by atoms with Crippen molar-refractivity contribution in [1.29, 1.82) is 0 Å². The van der Waals surface area contributed by atoms with Crippen LogP contribution in [-0.2, 0) is 9.84 Å². The second-order valence-corrected chi connectivity index (χ2v) is 8.18. The molecule has 2 rings (SSSR count). The van der Waals surface area contributed by atoms with Gasteiger partial charge in [0.1, 0.15) is 0 Å². The second kappa shape index (κ2) is 5.84. The molecule has 0 aliphatic carbocycles. The number of hydrazine groups is 1. The molecule has 3 N–H and O–H groups in total. The maximum Gasteiger partial charge on any atom is 0.155 e. The Morgan fingerprint density at radius 1 is 1.15 bits per heavy atom. The molecule has 112 valence electrons. The first kappa shape index (κ1) is 15.5. The van der Waals surface area contributed by atoms with E-state index in [2.05, 4.69) is 24.5 Å². The van der Waals surface area contributed by atoms with Gasteiger partial charge in [0.2, 0.25) is 0 Å². The maximum atomic E-state index is 12.3. The van der Waals surface area contributed by atoms with E-state index in [1.165, 1.54) is 11.1 Å². The summed E-state index contributed by atoms with van der Waals surface area (Å²) in [5.74, 6) is 5.98. The van der Waals surface area contributed by atoms with E-state index in [4.69, 9.17) is 5.84 Å². The molecule has 1 aliphatic rings. The number of nitrogens with one attached hydrogen (secondary N) is 1. The van der Waals surface area contributed by atoms with Crippen molar-refractivity contribution in [3.05, 3.63) is 34.4 Å². The summed E-state index contributed by atoms with van der Waals surface area (Å²) in [4.78, 5) is 0.